The Morgan fingerprint density at radius 3 is 2.52 bits per heavy atom. The van der Waals surface area contributed by atoms with Crippen molar-refractivity contribution in [1.29, 1.82) is 0 Å². The Bertz CT molecular complexity index is 428. The van der Waals surface area contributed by atoms with Crippen LogP contribution in [-0.4, -0.2) is 71.7 Å². The predicted octanol–water partition coefficient (Wildman–Crippen LogP) is 1.37. The molecule has 1 aliphatic carbocycles. The van der Waals surface area contributed by atoms with E-state index in [1.165, 1.54) is 12.8 Å². The topological polar surface area (TPSA) is 70.1 Å². The zero-order valence-corrected chi connectivity index (χ0v) is 14.3. The summed E-state index contributed by atoms with van der Waals surface area (Å²) in [7, 11) is 0. The first kappa shape index (κ1) is 18.5. The number of likely N-dealkylation sites (tertiary alicyclic amines) is 1. The molecule has 0 spiro atoms. The van der Waals surface area contributed by atoms with Gasteiger partial charge in [0, 0.05) is 32.1 Å². The minimum absolute atomic E-state index is 0. The Morgan fingerprint density at radius 2 is 1.83 bits per heavy atom. The Kier molecular flexibility index (Phi) is 6.68. The highest BCUT2D eigenvalue weighted by molar-refractivity contribution is 5.85. The first-order valence-corrected chi connectivity index (χ1v) is 8.51. The van der Waals surface area contributed by atoms with E-state index in [1.54, 1.807) is 0 Å². The van der Waals surface area contributed by atoms with Crippen LogP contribution in [0.15, 0.2) is 0 Å². The van der Waals surface area contributed by atoms with Crippen molar-refractivity contribution in [3.63, 3.8) is 0 Å². The van der Waals surface area contributed by atoms with Crippen LogP contribution in [0.25, 0.3) is 0 Å². The Balaban J connectivity index is 0.00000192. The van der Waals surface area contributed by atoms with E-state index in [4.69, 9.17) is 4.74 Å². The van der Waals surface area contributed by atoms with Gasteiger partial charge in [0.25, 0.3) is 0 Å². The van der Waals surface area contributed by atoms with E-state index in [2.05, 4.69) is 4.90 Å². The number of halogens is 1. The fraction of sp³-hybridized carbons (Fsp3) is 0.875. The second-order valence-corrected chi connectivity index (χ2v) is 6.68. The van der Waals surface area contributed by atoms with E-state index in [0.29, 0.717) is 51.2 Å². The molecule has 23 heavy (non-hydrogen) atoms. The summed E-state index contributed by atoms with van der Waals surface area (Å²) in [4.78, 5) is 27.8. The summed E-state index contributed by atoms with van der Waals surface area (Å²) in [6, 6.07) is -0.0297. The fourth-order valence-electron chi connectivity index (χ4n) is 4.31. The smallest absolute Gasteiger partial charge is 0.320 e. The molecular formula is C16H27ClN2O4. The molecule has 132 valence electrons. The van der Waals surface area contributed by atoms with Gasteiger partial charge in [-0.25, -0.2) is 0 Å². The summed E-state index contributed by atoms with van der Waals surface area (Å²) in [5.41, 5.74) is 0. The molecule has 2 saturated heterocycles. The minimum Gasteiger partial charge on any atom is -0.480 e. The van der Waals surface area contributed by atoms with Crippen molar-refractivity contribution in [2.75, 3.05) is 32.8 Å². The molecule has 7 heteroatoms. The van der Waals surface area contributed by atoms with E-state index in [-0.39, 0.29) is 18.3 Å². The largest absolute Gasteiger partial charge is 0.480 e. The Hall–Kier alpha value is -0.850. The van der Waals surface area contributed by atoms with Crippen molar-refractivity contribution in [1.82, 2.24) is 9.80 Å². The molecule has 2 aliphatic heterocycles. The average Bonchev–Trinajstić information content (AvgIpc) is 2.92. The van der Waals surface area contributed by atoms with Crippen molar-refractivity contribution in [3.8, 4) is 0 Å². The Labute approximate surface area is 143 Å². The lowest BCUT2D eigenvalue weighted by Gasteiger charge is -2.33. The van der Waals surface area contributed by atoms with E-state index in [9.17, 15) is 14.7 Å². The van der Waals surface area contributed by atoms with Crippen LogP contribution in [0.5, 0.6) is 0 Å². The molecule has 3 fully saturated rings. The lowest BCUT2D eigenvalue weighted by atomic mass is 9.85. The summed E-state index contributed by atoms with van der Waals surface area (Å²) in [6.45, 7) is 3.12. The molecule has 0 aromatic carbocycles. The SMILES string of the molecule is Cl.O=C(O)C1CC2CCCCC2N1CCC(=O)N1CCOCC1. The van der Waals surface area contributed by atoms with Gasteiger partial charge in [-0.05, 0) is 25.2 Å². The molecule has 6 nitrogen and oxygen atoms in total. The number of hydrogen-bond acceptors (Lipinski definition) is 4. The van der Waals surface area contributed by atoms with Gasteiger partial charge in [0.05, 0.1) is 13.2 Å². The lowest BCUT2D eigenvalue weighted by Crippen LogP contribution is -2.46. The van der Waals surface area contributed by atoms with Gasteiger partial charge in [0.1, 0.15) is 6.04 Å². The maximum Gasteiger partial charge on any atom is 0.320 e. The van der Waals surface area contributed by atoms with Crippen LogP contribution in [-0.2, 0) is 14.3 Å². The molecular weight excluding hydrogens is 320 g/mol. The van der Waals surface area contributed by atoms with Crippen LogP contribution < -0.4 is 0 Å². The fourth-order valence-corrected chi connectivity index (χ4v) is 4.31. The molecule has 3 atom stereocenters. The molecule has 1 saturated carbocycles. The minimum atomic E-state index is -0.728. The highest BCUT2D eigenvalue weighted by Crippen LogP contribution is 2.39. The number of ether oxygens (including phenoxy) is 1. The molecule has 1 N–H and O–H groups in total. The number of fused-ring (bicyclic) bond motifs is 1. The normalized spacial score (nSPS) is 31.3. The van der Waals surface area contributed by atoms with Crippen LogP contribution in [0.4, 0.5) is 0 Å². The summed E-state index contributed by atoms with van der Waals surface area (Å²) in [5.74, 6) is -0.0896. The lowest BCUT2D eigenvalue weighted by molar-refractivity contribution is -0.144. The highest BCUT2D eigenvalue weighted by Gasteiger charge is 2.45. The van der Waals surface area contributed by atoms with Crippen molar-refractivity contribution in [2.45, 2.75) is 50.6 Å². The second kappa shape index (κ2) is 8.31. The number of amides is 1. The third kappa shape index (κ3) is 4.17. The van der Waals surface area contributed by atoms with Gasteiger partial charge in [-0.1, -0.05) is 12.8 Å². The number of carbonyl (C=O) groups is 2. The maximum absolute atomic E-state index is 12.3. The van der Waals surface area contributed by atoms with Gasteiger partial charge >= 0.3 is 5.97 Å². The Morgan fingerprint density at radius 1 is 1.13 bits per heavy atom. The molecule has 1 amide bonds. The van der Waals surface area contributed by atoms with Crippen molar-refractivity contribution < 1.29 is 19.4 Å². The van der Waals surface area contributed by atoms with Crippen LogP contribution in [0.3, 0.4) is 0 Å². The van der Waals surface area contributed by atoms with Crippen LogP contribution >= 0.6 is 12.4 Å². The van der Waals surface area contributed by atoms with E-state index in [0.717, 1.165) is 19.3 Å². The van der Waals surface area contributed by atoms with Crippen LogP contribution in [0.1, 0.15) is 38.5 Å². The second-order valence-electron chi connectivity index (χ2n) is 6.68. The number of morpholine rings is 1. The zero-order valence-electron chi connectivity index (χ0n) is 13.5. The first-order chi connectivity index (χ1) is 10.7. The number of carboxylic acids is 1. The van der Waals surface area contributed by atoms with Gasteiger partial charge in [-0.15, -0.1) is 12.4 Å². The van der Waals surface area contributed by atoms with Gasteiger partial charge in [-0.2, -0.15) is 0 Å². The first-order valence-electron chi connectivity index (χ1n) is 8.51. The third-order valence-corrected chi connectivity index (χ3v) is 5.45. The zero-order chi connectivity index (χ0) is 15.5. The molecule has 3 aliphatic rings. The molecule has 0 aromatic rings. The quantitative estimate of drug-likeness (QED) is 0.832. The summed E-state index contributed by atoms with van der Waals surface area (Å²) in [5, 5.41) is 9.49. The predicted molar refractivity (Wildman–Crippen MR) is 87.8 cm³/mol. The molecule has 2 heterocycles. The van der Waals surface area contributed by atoms with Gasteiger partial charge < -0.3 is 14.7 Å². The van der Waals surface area contributed by atoms with E-state index >= 15 is 0 Å². The molecule has 3 unspecified atom stereocenters. The van der Waals surface area contributed by atoms with Crippen molar-refractivity contribution in [2.24, 2.45) is 5.92 Å². The summed E-state index contributed by atoms with van der Waals surface area (Å²) < 4.78 is 5.26. The van der Waals surface area contributed by atoms with E-state index < -0.39 is 12.0 Å². The highest BCUT2D eigenvalue weighted by atomic mass is 35.5. The number of rotatable bonds is 4. The van der Waals surface area contributed by atoms with Crippen LogP contribution in [0, 0.1) is 5.92 Å². The third-order valence-electron chi connectivity index (χ3n) is 5.45. The number of nitrogens with zero attached hydrogens (tertiary/aromatic N) is 2. The van der Waals surface area contributed by atoms with Gasteiger partial charge in [-0.3, -0.25) is 14.5 Å². The summed E-state index contributed by atoms with van der Waals surface area (Å²) in [6.07, 6.45) is 5.80. The van der Waals surface area contributed by atoms with Crippen molar-refractivity contribution >= 4 is 24.3 Å². The number of carboxylic acid groups (broad SMARTS) is 1. The van der Waals surface area contributed by atoms with E-state index in [1.807, 2.05) is 4.90 Å². The maximum atomic E-state index is 12.3. The molecule has 0 bridgehead atoms. The molecule has 0 aromatic heterocycles. The van der Waals surface area contributed by atoms with Gasteiger partial charge in [0.2, 0.25) is 5.91 Å². The van der Waals surface area contributed by atoms with Crippen molar-refractivity contribution in [3.05, 3.63) is 0 Å². The standard InChI is InChI=1S/C16H26N2O4.ClH/c19-15(17-7-9-22-10-8-17)5-6-18-13-4-2-1-3-12(13)11-14(18)16(20)21;/h12-14H,1-11H2,(H,20,21);1H. The molecule has 0 radical (unpaired) electrons. The van der Waals surface area contributed by atoms with Crippen LogP contribution in [0.2, 0.25) is 0 Å². The monoisotopic (exact) mass is 346 g/mol. The number of carbonyl (C=O) groups excluding carboxylic acids is 1. The summed E-state index contributed by atoms with van der Waals surface area (Å²) >= 11 is 0. The number of hydrogen-bond donors (Lipinski definition) is 1. The van der Waals surface area contributed by atoms with Gasteiger partial charge in [0.15, 0.2) is 0 Å². The molecule has 3 rings (SSSR count). The number of aliphatic carboxylic acids is 1. The average molecular weight is 347 g/mol.